The molecule has 0 unspecified atom stereocenters. The Kier molecular flexibility index (Phi) is 5.74. The molecule has 0 fully saturated rings. The van der Waals surface area contributed by atoms with Crippen LogP contribution in [0.25, 0.3) is 0 Å². The van der Waals surface area contributed by atoms with E-state index in [4.69, 9.17) is 21.1 Å². The normalized spacial score (nSPS) is 10.5. The SMILES string of the molecule is COCCNC(=O)c1nnn(Cc2ccccc2Cl)c1OC. The second-order valence-corrected chi connectivity index (χ2v) is 4.85. The molecule has 1 aromatic heterocycles. The van der Waals surface area contributed by atoms with Crippen molar-refractivity contribution in [1.82, 2.24) is 20.3 Å². The molecule has 0 saturated heterocycles. The van der Waals surface area contributed by atoms with Gasteiger partial charge < -0.3 is 14.8 Å². The van der Waals surface area contributed by atoms with E-state index in [-0.39, 0.29) is 17.5 Å². The van der Waals surface area contributed by atoms with E-state index in [1.807, 2.05) is 18.2 Å². The number of amides is 1. The van der Waals surface area contributed by atoms with Crippen LogP contribution in [0, 0.1) is 0 Å². The van der Waals surface area contributed by atoms with E-state index in [0.29, 0.717) is 24.7 Å². The Hall–Kier alpha value is -2.12. The Labute approximate surface area is 133 Å². The van der Waals surface area contributed by atoms with Crippen LogP contribution in [0.1, 0.15) is 16.1 Å². The monoisotopic (exact) mass is 324 g/mol. The van der Waals surface area contributed by atoms with Crippen molar-refractivity contribution >= 4 is 17.5 Å². The maximum absolute atomic E-state index is 12.0. The van der Waals surface area contributed by atoms with Crippen molar-refractivity contribution in [2.75, 3.05) is 27.4 Å². The zero-order valence-electron chi connectivity index (χ0n) is 12.4. The molecule has 118 valence electrons. The van der Waals surface area contributed by atoms with Crippen LogP contribution in [0.3, 0.4) is 0 Å². The van der Waals surface area contributed by atoms with Gasteiger partial charge >= 0.3 is 0 Å². The molecule has 0 radical (unpaired) electrons. The topological polar surface area (TPSA) is 78.3 Å². The molecule has 1 aromatic carbocycles. The molecule has 0 spiro atoms. The molecule has 8 heteroatoms. The summed E-state index contributed by atoms with van der Waals surface area (Å²) in [6.07, 6.45) is 0. The minimum absolute atomic E-state index is 0.130. The van der Waals surface area contributed by atoms with E-state index in [1.165, 1.54) is 11.8 Å². The van der Waals surface area contributed by atoms with Gasteiger partial charge in [0, 0.05) is 18.7 Å². The lowest BCUT2D eigenvalue weighted by atomic mass is 10.2. The van der Waals surface area contributed by atoms with Crippen LogP contribution in [0.15, 0.2) is 24.3 Å². The van der Waals surface area contributed by atoms with E-state index >= 15 is 0 Å². The second-order valence-electron chi connectivity index (χ2n) is 4.45. The fraction of sp³-hybridized carbons (Fsp3) is 0.357. The highest BCUT2D eigenvalue weighted by Gasteiger charge is 2.20. The molecular formula is C14H17ClN4O3. The Bertz CT molecular complexity index is 645. The Morgan fingerprint density at radius 3 is 2.82 bits per heavy atom. The quantitative estimate of drug-likeness (QED) is 0.778. The molecule has 0 atom stereocenters. The molecule has 1 N–H and O–H groups in total. The Morgan fingerprint density at radius 1 is 1.36 bits per heavy atom. The van der Waals surface area contributed by atoms with E-state index in [1.54, 1.807) is 13.2 Å². The largest absolute Gasteiger partial charge is 0.479 e. The van der Waals surface area contributed by atoms with Crippen LogP contribution >= 0.6 is 11.6 Å². The zero-order valence-corrected chi connectivity index (χ0v) is 13.1. The number of nitrogens with zero attached hydrogens (tertiary/aromatic N) is 3. The van der Waals surface area contributed by atoms with Crippen LogP contribution in [0.4, 0.5) is 0 Å². The maximum Gasteiger partial charge on any atom is 0.277 e. The molecule has 0 aliphatic heterocycles. The van der Waals surface area contributed by atoms with Gasteiger partial charge in [0.1, 0.15) is 0 Å². The third kappa shape index (κ3) is 3.75. The number of ether oxygens (including phenoxy) is 2. The first kappa shape index (κ1) is 16.3. The summed E-state index contributed by atoms with van der Waals surface area (Å²) in [5, 5.41) is 11.1. The average molecular weight is 325 g/mol. The van der Waals surface area contributed by atoms with Crippen molar-refractivity contribution in [2.24, 2.45) is 0 Å². The number of halogens is 1. The predicted octanol–water partition coefficient (Wildman–Crippen LogP) is 1.36. The number of hydrogen-bond donors (Lipinski definition) is 1. The van der Waals surface area contributed by atoms with E-state index in [2.05, 4.69) is 15.6 Å². The number of methoxy groups -OCH3 is 2. The highest BCUT2D eigenvalue weighted by molar-refractivity contribution is 6.31. The summed E-state index contributed by atoms with van der Waals surface area (Å²) in [6, 6.07) is 7.39. The van der Waals surface area contributed by atoms with Gasteiger partial charge in [0.2, 0.25) is 11.6 Å². The standard InChI is InChI=1S/C14H17ClN4O3/c1-21-8-7-16-13(20)12-14(22-2)19(18-17-12)9-10-5-3-4-6-11(10)15/h3-6H,7-9H2,1-2H3,(H,16,20). The number of nitrogens with one attached hydrogen (secondary N) is 1. The lowest BCUT2D eigenvalue weighted by Crippen LogP contribution is -2.27. The van der Waals surface area contributed by atoms with Gasteiger partial charge in [-0.25, -0.2) is 4.68 Å². The summed E-state index contributed by atoms with van der Waals surface area (Å²) in [7, 11) is 3.03. The molecule has 2 aromatic rings. The Morgan fingerprint density at radius 2 is 2.14 bits per heavy atom. The minimum atomic E-state index is -0.362. The molecule has 0 aliphatic rings. The number of aromatic nitrogens is 3. The van der Waals surface area contributed by atoms with Gasteiger partial charge in [-0.1, -0.05) is 35.0 Å². The van der Waals surface area contributed by atoms with E-state index < -0.39 is 0 Å². The van der Waals surface area contributed by atoms with Gasteiger partial charge in [-0.2, -0.15) is 0 Å². The van der Waals surface area contributed by atoms with Crippen molar-refractivity contribution in [3.8, 4) is 5.88 Å². The summed E-state index contributed by atoms with van der Waals surface area (Å²) >= 11 is 6.13. The maximum atomic E-state index is 12.0. The fourth-order valence-corrected chi connectivity index (χ4v) is 2.09. The molecule has 0 aliphatic carbocycles. The fourth-order valence-electron chi connectivity index (χ4n) is 1.89. The molecule has 22 heavy (non-hydrogen) atoms. The molecule has 1 heterocycles. The summed E-state index contributed by atoms with van der Waals surface area (Å²) in [5.41, 5.74) is 0.990. The smallest absolute Gasteiger partial charge is 0.277 e. The Balaban J connectivity index is 2.17. The van der Waals surface area contributed by atoms with Crippen LogP contribution in [0.2, 0.25) is 5.02 Å². The number of carbonyl (C=O) groups is 1. The number of hydrogen-bond acceptors (Lipinski definition) is 5. The first-order valence-corrected chi connectivity index (χ1v) is 7.03. The third-order valence-corrected chi connectivity index (χ3v) is 3.34. The predicted molar refractivity (Wildman–Crippen MR) is 81.3 cm³/mol. The zero-order chi connectivity index (χ0) is 15.9. The third-order valence-electron chi connectivity index (χ3n) is 2.97. The van der Waals surface area contributed by atoms with Gasteiger partial charge in [-0.05, 0) is 11.6 Å². The molecule has 0 bridgehead atoms. The van der Waals surface area contributed by atoms with Gasteiger partial charge in [-0.15, -0.1) is 5.10 Å². The van der Waals surface area contributed by atoms with Crippen LogP contribution in [-0.2, 0) is 11.3 Å². The summed E-state index contributed by atoms with van der Waals surface area (Å²) in [4.78, 5) is 12.0. The number of benzene rings is 1. The van der Waals surface area contributed by atoms with Crippen molar-refractivity contribution in [3.05, 3.63) is 40.5 Å². The molecule has 7 nitrogen and oxygen atoms in total. The molecule has 0 saturated carbocycles. The number of rotatable bonds is 7. The highest BCUT2D eigenvalue weighted by atomic mass is 35.5. The lowest BCUT2D eigenvalue weighted by Gasteiger charge is -2.08. The van der Waals surface area contributed by atoms with Crippen molar-refractivity contribution < 1.29 is 14.3 Å². The molecule has 2 rings (SSSR count). The molecule has 1 amide bonds. The number of carbonyl (C=O) groups excluding carboxylic acids is 1. The second kappa shape index (κ2) is 7.77. The first-order chi connectivity index (χ1) is 10.7. The summed E-state index contributed by atoms with van der Waals surface area (Å²) < 4.78 is 11.6. The van der Waals surface area contributed by atoms with Gasteiger partial charge in [0.25, 0.3) is 5.91 Å². The van der Waals surface area contributed by atoms with E-state index in [9.17, 15) is 4.79 Å². The van der Waals surface area contributed by atoms with Gasteiger partial charge in [0.15, 0.2) is 0 Å². The summed E-state index contributed by atoms with van der Waals surface area (Å²) in [6.45, 7) is 1.17. The van der Waals surface area contributed by atoms with Crippen LogP contribution in [-0.4, -0.2) is 48.3 Å². The van der Waals surface area contributed by atoms with E-state index in [0.717, 1.165) is 5.56 Å². The average Bonchev–Trinajstić information content (AvgIpc) is 2.92. The van der Waals surface area contributed by atoms with Gasteiger partial charge in [-0.3, -0.25) is 4.79 Å². The molecular weight excluding hydrogens is 308 g/mol. The first-order valence-electron chi connectivity index (χ1n) is 6.65. The van der Waals surface area contributed by atoms with Crippen molar-refractivity contribution in [1.29, 1.82) is 0 Å². The minimum Gasteiger partial charge on any atom is -0.479 e. The van der Waals surface area contributed by atoms with Crippen molar-refractivity contribution in [2.45, 2.75) is 6.54 Å². The van der Waals surface area contributed by atoms with Gasteiger partial charge in [0.05, 0.1) is 20.3 Å². The summed E-state index contributed by atoms with van der Waals surface area (Å²) in [5.74, 6) is -0.0749. The van der Waals surface area contributed by atoms with Crippen LogP contribution in [0.5, 0.6) is 5.88 Å². The highest BCUT2D eigenvalue weighted by Crippen LogP contribution is 2.20. The van der Waals surface area contributed by atoms with Crippen LogP contribution < -0.4 is 10.1 Å². The lowest BCUT2D eigenvalue weighted by molar-refractivity contribution is 0.0928. The van der Waals surface area contributed by atoms with Crippen molar-refractivity contribution in [3.63, 3.8) is 0 Å².